The van der Waals surface area contributed by atoms with Crippen LogP contribution in [0.25, 0.3) is 0 Å². The number of β-lactam (4-membered cyclic amide) rings is 1. The number of quaternary nitrogens is 1. The fraction of sp³-hybridized carbons (Fsp3) is 0.400. The molecule has 0 saturated carbocycles. The summed E-state index contributed by atoms with van der Waals surface area (Å²) in [5.41, 5.74) is 7.55. The molecule has 0 aromatic carbocycles. The third kappa shape index (κ3) is 1.91. The Morgan fingerprint density at radius 1 is 1.65 bits per heavy atom. The molecule has 0 radical (unpaired) electrons. The fourth-order valence-corrected chi connectivity index (χ4v) is 5.53. The Hall–Kier alpha value is -0.940. The number of carbonyl (C=O) groups is 2. The normalized spacial score (nSPS) is 32.2. The van der Waals surface area contributed by atoms with Gasteiger partial charge in [0.2, 0.25) is 5.70 Å². The van der Waals surface area contributed by atoms with Crippen molar-refractivity contribution in [3.63, 3.8) is 0 Å². The lowest BCUT2D eigenvalue weighted by atomic mass is 10.0. The first-order valence-corrected chi connectivity index (χ1v) is 8.61. The first kappa shape index (κ1) is 14.0. The van der Waals surface area contributed by atoms with Crippen LogP contribution in [-0.4, -0.2) is 54.7 Å². The number of carboxylic acid groups (broad SMARTS) is 1. The average Bonchev–Trinajstić information content (AvgIpc) is 2.96. The molecule has 1 aromatic rings. The van der Waals surface area contributed by atoms with E-state index in [1.165, 1.54) is 34.9 Å². The van der Waals surface area contributed by atoms with E-state index in [1.807, 2.05) is 0 Å². The summed E-state index contributed by atoms with van der Waals surface area (Å²) in [4.78, 5) is 23.7. The van der Waals surface area contributed by atoms with Crippen LogP contribution in [0, 0.1) is 0 Å². The van der Waals surface area contributed by atoms with Gasteiger partial charge in [-0.05, 0) is 17.8 Å². The number of carboxylic acids is 1. The molecule has 7 nitrogen and oxygen atoms in total. The van der Waals surface area contributed by atoms with E-state index in [-0.39, 0.29) is 27.3 Å². The molecular formula is C10H11N4O3S3+. The van der Waals surface area contributed by atoms with Crippen molar-refractivity contribution in [2.75, 3.05) is 11.6 Å². The van der Waals surface area contributed by atoms with E-state index in [2.05, 4.69) is 10.2 Å². The van der Waals surface area contributed by atoms with Crippen molar-refractivity contribution in [2.24, 2.45) is 5.73 Å². The molecule has 1 aromatic heterocycles. The van der Waals surface area contributed by atoms with Crippen molar-refractivity contribution in [1.82, 2.24) is 10.2 Å². The first-order chi connectivity index (χ1) is 9.57. The van der Waals surface area contributed by atoms with Gasteiger partial charge in [-0.3, -0.25) is 0 Å². The first-order valence-electron chi connectivity index (χ1n) is 5.69. The maximum atomic E-state index is 12.3. The molecule has 3 rings (SSSR count). The Labute approximate surface area is 126 Å². The van der Waals surface area contributed by atoms with Crippen molar-refractivity contribution < 1.29 is 19.2 Å². The van der Waals surface area contributed by atoms with Crippen LogP contribution in [-0.2, 0) is 9.59 Å². The molecular weight excluding hydrogens is 320 g/mol. The molecule has 0 spiro atoms. The van der Waals surface area contributed by atoms with Crippen LogP contribution in [0.1, 0.15) is 0 Å². The number of nitrogens with zero attached hydrogens (tertiary/aromatic N) is 3. The lowest BCUT2D eigenvalue weighted by molar-refractivity contribution is -0.840. The smallest absolute Gasteiger partial charge is 0.390 e. The Kier molecular flexibility index (Phi) is 3.58. The number of carbonyl (C=O) groups excluding carboxylic acids is 1. The summed E-state index contributed by atoms with van der Waals surface area (Å²) in [6.45, 7) is 0. The molecule has 10 heteroatoms. The molecule has 3 atom stereocenters. The van der Waals surface area contributed by atoms with Crippen molar-refractivity contribution >= 4 is 46.7 Å². The Balaban J connectivity index is 1.91. The van der Waals surface area contributed by atoms with Crippen LogP contribution >= 0.6 is 34.9 Å². The molecule has 20 heavy (non-hydrogen) atoms. The van der Waals surface area contributed by atoms with Gasteiger partial charge in [-0.15, -0.1) is 10.2 Å². The second-order valence-electron chi connectivity index (χ2n) is 4.33. The van der Waals surface area contributed by atoms with E-state index in [4.69, 9.17) is 5.73 Å². The summed E-state index contributed by atoms with van der Waals surface area (Å²) in [7, 11) is 0. The monoisotopic (exact) mass is 331 g/mol. The van der Waals surface area contributed by atoms with Crippen molar-refractivity contribution in [1.29, 1.82) is 0 Å². The summed E-state index contributed by atoms with van der Waals surface area (Å²) in [5.74, 6) is -0.449. The van der Waals surface area contributed by atoms with Gasteiger partial charge in [0, 0.05) is 5.75 Å². The summed E-state index contributed by atoms with van der Waals surface area (Å²) in [6.07, 6.45) is 1.61. The number of rotatable bonds is 4. The molecule has 0 aliphatic carbocycles. The van der Waals surface area contributed by atoms with E-state index in [9.17, 15) is 14.7 Å². The van der Waals surface area contributed by atoms with Gasteiger partial charge in [0.1, 0.15) is 11.4 Å². The zero-order valence-electron chi connectivity index (χ0n) is 10.1. The minimum absolute atomic E-state index is 0.123. The van der Waals surface area contributed by atoms with Crippen LogP contribution < -0.4 is 5.73 Å². The number of thioether (sulfide) groups is 2. The number of aromatic nitrogens is 2. The third-order valence-corrected chi connectivity index (χ3v) is 6.69. The zero-order chi connectivity index (χ0) is 14.3. The largest absolute Gasteiger partial charge is 0.474 e. The predicted molar refractivity (Wildman–Crippen MR) is 75.8 cm³/mol. The van der Waals surface area contributed by atoms with Crippen LogP contribution in [0.4, 0.5) is 0 Å². The summed E-state index contributed by atoms with van der Waals surface area (Å²) < 4.78 is 0.510. The highest BCUT2D eigenvalue weighted by atomic mass is 32.2. The van der Waals surface area contributed by atoms with Gasteiger partial charge in [-0.25, -0.2) is 9.59 Å². The maximum Gasteiger partial charge on any atom is 0.390 e. The molecule has 2 unspecified atom stereocenters. The molecule has 1 amide bonds. The van der Waals surface area contributed by atoms with E-state index < -0.39 is 12.0 Å². The molecule has 106 valence electrons. The van der Waals surface area contributed by atoms with Gasteiger partial charge in [0.25, 0.3) is 0 Å². The van der Waals surface area contributed by atoms with Crippen molar-refractivity contribution in [3.05, 3.63) is 17.3 Å². The van der Waals surface area contributed by atoms with E-state index >= 15 is 0 Å². The third-order valence-electron chi connectivity index (χ3n) is 3.34. The van der Waals surface area contributed by atoms with Gasteiger partial charge < -0.3 is 10.8 Å². The Morgan fingerprint density at radius 2 is 2.45 bits per heavy atom. The van der Waals surface area contributed by atoms with Gasteiger partial charge in [0.15, 0.2) is 15.8 Å². The van der Waals surface area contributed by atoms with Crippen molar-refractivity contribution in [3.8, 4) is 0 Å². The van der Waals surface area contributed by atoms with Crippen LogP contribution in [0.2, 0.25) is 0 Å². The highest BCUT2D eigenvalue weighted by Crippen LogP contribution is 2.47. The Morgan fingerprint density at radius 3 is 3.10 bits per heavy atom. The van der Waals surface area contributed by atoms with Crippen LogP contribution in [0.5, 0.6) is 0 Å². The molecule has 2 aliphatic heterocycles. The minimum atomic E-state index is -1.06. The van der Waals surface area contributed by atoms with E-state index in [0.29, 0.717) is 10.1 Å². The maximum absolute atomic E-state index is 12.3. The summed E-state index contributed by atoms with van der Waals surface area (Å²) in [6, 6.07) is -0.599. The fourth-order valence-electron chi connectivity index (χ4n) is 2.43. The second kappa shape index (κ2) is 5.11. The molecule has 0 bridgehead atoms. The molecule has 2 aliphatic rings. The highest BCUT2D eigenvalue weighted by molar-refractivity contribution is 8.01. The van der Waals surface area contributed by atoms with E-state index in [1.54, 1.807) is 11.6 Å². The van der Waals surface area contributed by atoms with Crippen LogP contribution in [0.3, 0.4) is 0 Å². The van der Waals surface area contributed by atoms with Gasteiger partial charge >= 0.3 is 11.9 Å². The number of fused-ring (bicyclic) bond motifs is 1. The SMILES string of the molecule is NC1C(=O)[N+]2(CSc3nncs3)C(C(=O)O)=CCS[C@@H]12. The zero-order valence-corrected chi connectivity index (χ0v) is 12.6. The molecule has 1 saturated heterocycles. The lowest BCUT2D eigenvalue weighted by Gasteiger charge is -2.52. The number of hydrogen-bond donors (Lipinski definition) is 2. The number of nitrogens with two attached hydrogens (primary N) is 1. The molecule has 3 heterocycles. The molecule has 1 fully saturated rings. The summed E-state index contributed by atoms with van der Waals surface area (Å²) >= 11 is 4.22. The molecule has 3 N–H and O–H groups in total. The minimum Gasteiger partial charge on any atom is -0.474 e. The van der Waals surface area contributed by atoms with Gasteiger partial charge in [-0.2, -0.15) is 4.48 Å². The standard InChI is InChI=1S/C10H10N4O3S3/c11-6-7(15)14(4-20-10-13-12-3-19-10)5(9(16)17)1-2-18-8(6)14/h1,3,6,8H,2,4,11H2/p+1/t6?,8-,14?/m0/s1. The topological polar surface area (TPSA) is 106 Å². The lowest BCUT2D eigenvalue weighted by Crippen LogP contribution is -2.79. The van der Waals surface area contributed by atoms with Crippen molar-refractivity contribution in [2.45, 2.75) is 15.8 Å². The van der Waals surface area contributed by atoms with Gasteiger partial charge in [-0.1, -0.05) is 23.1 Å². The quantitative estimate of drug-likeness (QED) is 0.461. The number of hydrogen-bond acceptors (Lipinski definition) is 8. The summed E-state index contributed by atoms with van der Waals surface area (Å²) in [5, 5.41) is 16.8. The average molecular weight is 331 g/mol. The number of aliphatic carboxylic acids is 1. The van der Waals surface area contributed by atoms with Crippen LogP contribution in [0.15, 0.2) is 21.6 Å². The Bertz CT molecular complexity index is 591. The van der Waals surface area contributed by atoms with E-state index in [0.717, 1.165) is 0 Å². The highest BCUT2D eigenvalue weighted by Gasteiger charge is 2.67. The predicted octanol–water partition coefficient (Wildman–Crippen LogP) is 0.313. The number of amides is 1. The second-order valence-corrected chi connectivity index (χ2v) is 7.50. The van der Waals surface area contributed by atoms with Gasteiger partial charge in [0.05, 0.1) is 0 Å².